The second-order valence-electron chi connectivity index (χ2n) is 8.48. The molecule has 0 spiro atoms. The highest BCUT2D eigenvalue weighted by Gasteiger charge is 2.30. The number of carbonyl (C=O) groups is 2. The Bertz CT molecular complexity index is 642. The maximum Gasteiger partial charge on any atom is 0.408 e. The Labute approximate surface area is 161 Å². The van der Waals surface area contributed by atoms with E-state index >= 15 is 0 Å². The average molecular weight is 377 g/mol. The van der Waals surface area contributed by atoms with Crippen LogP contribution in [0, 0.1) is 5.41 Å². The van der Waals surface area contributed by atoms with Gasteiger partial charge in [0.1, 0.15) is 11.4 Å². The minimum atomic E-state index is -0.939. The summed E-state index contributed by atoms with van der Waals surface area (Å²) >= 11 is 0. The number of methoxy groups -OCH3 is 1. The van der Waals surface area contributed by atoms with Crippen LogP contribution in [-0.2, 0) is 14.3 Å². The lowest BCUT2D eigenvalue weighted by molar-refractivity contribution is -0.143. The monoisotopic (exact) mass is 377 g/mol. The lowest BCUT2D eigenvalue weighted by Crippen LogP contribution is -2.38. The Kier molecular flexibility index (Phi) is 6.73. The van der Waals surface area contributed by atoms with E-state index in [-0.39, 0.29) is 5.41 Å². The maximum atomic E-state index is 12.1. The van der Waals surface area contributed by atoms with Gasteiger partial charge in [-0.05, 0) is 51.3 Å². The number of rotatable bonds is 6. The third-order valence-electron chi connectivity index (χ3n) is 4.71. The molecule has 1 aliphatic carbocycles. The van der Waals surface area contributed by atoms with E-state index in [1.54, 1.807) is 45.0 Å². The van der Waals surface area contributed by atoms with Crippen LogP contribution in [0.2, 0.25) is 0 Å². The number of ether oxygens (including phenoxy) is 3. The van der Waals surface area contributed by atoms with Crippen molar-refractivity contribution in [1.29, 1.82) is 0 Å². The molecular formula is C21H31NO5. The zero-order valence-electron chi connectivity index (χ0n) is 17.0. The predicted octanol–water partition coefficient (Wildman–Crippen LogP) is 4.38. The summed E-state index contributed by atoms with van der Waals surface area (Å²) in [5, 5.41) is 2.57. The molecule has 1 aromatic rings. The fourth-order valence-electron chi connectivity index (χ4n) is 3.21. The van der Waals surface area contributed by atoms with Crippen molar-refractivity contribution in [3.63, 3.8) is 0 Å². The molecule has 0 radical (unpaired) electrons. The molecule has 1 fully saturated rings. The van der Waals surface area contributed by atoms with E-state index in [4.69, 9.17) is 14.2 Å². The van der Waals surface area contributed by atoms with Crippen molar-refractivity contribution in [3.8, 4) is 5.75 Å². The molecule has 1 N–H and O–H groups in total. The molecule has 0 aromatic heterocycles. The first-order valence-electron chi connectivity index (χ1n) is 9.42. The fourth-order valence-corrected chi connectivity index (χ4v) is 3.21. The van der Waals surface area contributed by atoms with Gasteiger partial charge in [-0.15, -0.1) is 0 Å². The van der Waals surface area contributed by atoms with Crippen molar-refractivity contribution in [2.45, 2.75) is 65.0 Å². The molecular weight excluding hydrogens is 346 g/mol. The normalized spacial score (nSPS) is 17.1. The van der Waals surface area contributed by atoms with Crippen LogP contribution >= 0.6 is 0 Å². The summed E-state index contributed by atoms with van der Waals surface area (Å²) in [5.74, 6) is 0.181. The molecule has 0 unspecified atom stereocenters. The zero-order chi connectivity index (χ0) is 20.1. The van der Waals surface area contributed by atoms with Crippen LogP contribution in [0.4, 0.5) is 4.79 Å². The number of amides is 1. The second-order valence-corrected chi connectivity index (χ2v) is 8.48. The molecule has 1 atom stereocenters. The minimum Gasteiger partial charge on any atom is -0.493 e. The second kappa shape index (κ2) is 8.63. The van der Waals surface area contributed by atoms with E-state index in [0.29, 0.717) is 12.2 Å². The average Bonchev–Trinajstić information content (AvgIpc) is 3.03. The van der Waals surface area contributed by atoms with E-state index < -0.39 is 23.7 Å². The van der Waals surface area contributed by atoms with Crippen molar-refractivity contribution in [3.05, 3.63) is 29.8 Å². The topological polar surface area (TPSA) is 73.9 Å². The van der Waals surface area contributed by atoms with Crippen LogP contribution < -0.4 is 10.1 Å². The van der Waals surface area contributed by atoms with Crippen molar-refractivity contribution in [2.24, 2.45) is 5.41 Å². The van der Waals surface area contributed by atoms with Gasteiger partial charge in [-0.25, -0.2) is 9.59 Å². The summed E-state index contributed by atoms with van der Waals surface area (Å²) < 4.78 is 16.0. The maximum absolute atomic E-state index is 12.1. The highest BCUT2D eigenvalue weighted by Crippen LogP contribution is 2.37. The van der Waals surface area contributed by atoms with E-state index in [1.807, 2.05) is 0 Å². The SMILES string of the molecule is COC(=O)[C@H](NC(=O)OC(C)(C)C)c1ccc(OCC2(C)CCCC2)cc1. The molecule has 1 amide bonds. The van der Waals surface area contributed by atoms with Crippen molar-refractivity contribution in [2.75, 3.05) is 13.7 Å². The Balaban J connectivity index is 2.03. The van der Waals surface area contributed by atoms with Gasteiger partial charge in [0.2, 0.25) is 0 Å². The molecule has 0 saturated heterocycles. The molecule has 0 aliphatic heterocycles. The number of hydrogen-bond acceptors (Lipinski definition) is 5. The number of esters is 1. The first-order chi connectivity index (χ1) is 12.6. The Morgan fingerprint density at radius 3 is 2.26 bits per heavy atom. The van der Waals surface area contributed by atoms with Gasteiger partial charge in [0.15, 0.2) is 6.04 Å². The fraction of sp³-hybridized carbons (Fsp3) is 0.619. The minimum absolute atomic E-state index is 0.242. The van der Waals surface area contributed by atoms with Gasteiger partial charge < -0.3 is 19.5 Å². The van der Waals surface area contributed by atoms with Crippen molar-refractivity contribution >= 4 is 12.1 Å². The van der Waals surface area contributed by atoms with Crippen molar-refractivity contribution < 1.29 is 23.8 Å². The number of hydrogen-bond donors (Lipinski definition) is 1. The van der Waals surface area contributed by atoms with E-state index in [2.05, 4.69) is 12.2 Å². The van der Waals surface area contributed by atoms with Gasteiger partial charge in [-0.3, -0.25) is 0 Å². The summed E-state index contributed by atoms with van der Waals surface area (Å²) in [6.07, 6.45) is 4.23. The van der Waals surface area contributed by atoms with Crippen LogP contribution in [0.5, 0.6) is 5.75 Å². The van der Waals surface area contributed by atoms with Gasteiger partial charge in [0, 0.05) is 5.41 Å². The van der Waals surface area contributed by atoms with Crippen molar-refractivity contribution in [1.82, 2.24) is 5.32 Å². The molecule has 2 rings (SSSR count). The molecule has 6 nitrogen and oxygen atoms in total. The summed E-state index contributed by atoms with van der Waals surface area (Å²) in [4.78, 5) is 24.2. The zero-order valence-corrected chi connectivity index (χ0v) is 17.0. The van der Waals surface area contributed by atoms with E-state index in [9.17, 15) is 9.59 Å². The van der Waals surface area contributed by atoms with Crippen LogP contribution in [0.15, 0.2) is 24.3 Å². The predicted molar refractivity (Wildman–Crippen MR) is 103 cm³/mol. The van der Waals surface area contributed by atoms with Crippen LogP contribution in [0.3, 0.4) is 0 Å². The number of carbonyl (C=O) groups excluding carboxylic acids is 2. The van der Waals surface area contributed by atoms with Gasteiger partial charge >= 0.3 is 12.1 Å². The first kappa shape index (κ1) is 21.1. The summed E-state index contributed by atoms with van der Waals surface area (Å²) in [6, 6.07) is 6.18. The molecule has 6 heteroatoms. The molecule has 1 aromatic carbocycles. The Morgan fingerprint density at radius 1 is 1.15 bits per heavy atom. The lowest BCUT2D eigenvalue weighted by atomic mass is 9.90. The number of benzene rings is 1. The molecule has 27 heavy (non-hydrogen) atoms. The summed E-state index contributed by atoms with van der Waals surface area (Å²) in [7, 11) is 1.28. The van der Waals surface area contributed by atoms with Gasteiger partial charge in [0.05, 0.1) is 13.7 Å². The summed E-state index contributed by atoms with van der Waals surface area (Å²) in [6.45, 7) is 8.22. The van der Waals surface area contributed by atoms with Crippen LogP contribution in [0.25, 0.3) is 0 Å². The Hall–Kier alpha value is -2.24. The third-order valence-corrected chi connectivity index (χ3v) is 4.71. The molecule has 0 bridgehead atoms. The largest absolute Gasteiger partial charge is 0.493 e. The Morgan fingerprint density at radius 2 is 1.74 bits per heavy atom. The molecule has 1 aliphatic rings. The smallest absolute Gasteiger partial charge is 0.408 e. The number of nitrogens with one attached hydrogen (secondary N) is 1. The third kappa shape index (κ3) is 6.45. The molecule has 150 valence electrons. The lowest BCUT2D eigenvalue weighted by Gasteiger charge is -2.24. The summed E-state index contributed by atoms with van der Waals surface area (Å²) in [5.41, 5.74) is 0.191. The van der Waals surface area contributed by atoms with Gasteiger partial charge in [0.25, 0.3) is 0 Å². The molecule has 1 saturated carbocycles. The quantitative estimate of drug-likeness (QED) is 0.745. The van der Waals surface area contributed by atoms with E-state index in [1.165, 1.54) is 32.8 Å². The van der Waals surface area contributed by atoms with Crippen LogP contribution in [-0.4, -0.2) is 31.4 Å². The number of alkyl carbamates (subject to hydrolysis) is 1. The standard InChI is InChI=1S/C21H31NO5/c1-20(2,3)27-19(24)22-17(18(23)25-5)15-8-10-16(11-9-15)26-14-21(4)12-6-7-13-21/h8-11,17H,6-7,12-14H2,1-5H3,(H,22,24)/t17-/m1/s1. The highest BCUT2D eigenvalue weighted by atomic mass is 16.6. The highest BCUT2D eigenvalue weighted by molar-refractivity contribution is 5.82. The van der Waals surface area contributed by atoms with E-state index in [0.717, 1.165) is 5.75 Å². The first-order valence-corrected chi connectivity index (χ1v) is 9.42. The molecule has 0 heterocycles. The van der Waals surface area contributed by atoms with Crippen LogP contribution in [0.1, 0.15) is 65.0 Å². The van der Waals surface area contributed by atoms with Gasteiger partial charge in [-0.2, -0.15) is 0 Å². The van der Waals surface area contributed by atoms with Gasteiger partial charge in [-0.1, -0.05) is 31.9 Å².